The molecule has 0 radical (unpaired) electrons. The number of anilines is 1. The molecule has 0 atom stereocenters. The highest BCUT2D eigenvalue weighted by Crippen LogP contribution is 2.17. The van der Waals surface area contributed by atoms with Gasteiger partial charge < -0.3 is 10.1 Å². The highest BCUT2D eigenvalue weighted by molar-refractivity contribution is 5.57. The van der Waals surface area contributed by atoms with E-state index in [0.29, 0.717) is 18.8 Å². The maximum absolute atomic E-state index is 13.2. The minimum Gasteiger partial charge on any atom is -0.382 e. The predicted molar refractivity (Wildman–Crippen MR) is 60.7 cm³/mol. The highest BCUT2D eigenvalue weighted by atomic mass is 19.1. The van der Waals surface area contributed by atoms with E-state index in [2.05, 4.69) is 5.32 Å². The predicted octanol–water partition coefficient (Wildman–Crippen LogP) is 2.54. The summed E-state index contributed by atoms with van der Waals surface area (Å²) in [6, 6.07) is 6.37. The summed E-state index contributed by atoms with van der Waals surface area (Å²) in [4.78, 5) is 0. The van der Waals surface area contributed by atoms with Crippen molar-refractivity contribution in [2.45, 2.75) is 13.3 Å². The van der Waals surface area contributed by atoms with Crippen LogP contribution in [0.1, 0.15) is 18.9 Å². The molecule has 0 unspecified atom stereocenters. The lowest BCUT2D eigenvalue weighted by atomic mass is 10.2. The molecule has 0 aliphatic rings. The molecular weight excluding hydrogens is 207 g/mol. The summed E-state index contributed by atoms with van der Waals surface area (Å²) in [7, 11) is 0. The number of nitrogens with zero attached hydrogens (tertiary/aromatic N) is 1. The quantitative estimate of drug-likeness (QED) is 0.752. The Morgan fingerprint density at radius 2 is 2.25 bits per heavy atom. The number of hydrogen-bond donors (Lipinski definition) is 1. The van der Waals surface area contributed by atoms with E-state index < -0.39 is 5.82 Å². The normalized spacial score (nSPS) is 9.81. The molecule has 0 spiro atoms. The molecule has 1 N–H and O–H groups in total. The fourth-order valence-electron chi connectivity index (χ4n) is 1.29. The van der Waals surface area contributed by atoms with E-state index in [-0.39, 0.29) is 5.56 Å². The summed E-state index contributed by atoms with van der Waals surface area (Å²) < 4.78 is 18.5. The van der Waals surface area contributed by atoms with Gasteiger partial charge in [0.05, 0.1) is 12.3 Å². The molecule has 0 aromatic heterocycles. The van der Waals surface area contributed by atoms with E-state index in [1.165, 1.54) is 6.07 Å². The first-order chi connectivity index (χ1) is 7.79. The minimum absolute atomic E-state index is 0.0537. The fraction of sp³-hybridized carbons (Fsp3) is 0.417. The van der Waals surface area contributed by atoms with Crippen molar-refractivity contribution in [3.63, 3.8) is 0 Å². The zero-order valence-corrected chi connectivity index (χ0v) is 9.29. The summed E-state index contributed by atoms with van der Waals surface area (Å²) in [6.07, 6.45) is 0.976. The van der Waals surface area contributed by atoms with Gasteiger partial charge in [0.25, 0.3) is 0 Å². The average molecular weight is 222 g/mol. The van der Waals surface area contributed by atoms with Gasteiger partial charge in [-0.05, 0) is 18.6 Å². The Labute approximate surface area is 94.8 Å². The van der Waals surface area contributed by atoms with Gasteiger partial charge in [-0.1, -0.05) is 13.0 Å². The van der Waals surface area contributed by atoms with Crippen LogP contribution in [0, 0.1) is 17.1 Å². The van der Waals surface area contributed by atoms with Crippen LogP contribution in [-0.2, 0) is 4.74 Å². The Hall–Kier alpha value is -1.60. The van der Waals surface area contributed by atoms with E-state index in [9.17, 15) is 4.39 Å². The van der Waals surface area contributed by atoms with Gasteiger partial charge in [-0.2, -0.15) is 5.26 Å². The van der Waals surface area contributed by atoms with Crippen molar-refractivity contribution in [1.29, 1.82) is 5.26 Å². The lowest BCUT2D eigenvalue weighted by Gasteiger charge is -2.08. The van der Waals surface area contributed by atoms with Crippen molar-refractivity contribution in [2.24, 2.45) is 0 Å². The molecule has 1 rings (SSSR count). The highest BCUT2D eigenvalue weighted by Gasteiger charge is 2.06. The number of ether oxygens (including phenoxy) is 1. The summed E-state index contributed by atoms with van der Waals surface area (Å²) in [6.45, 7) is 3.87. The topological polar surface area (TPSA) is 45.0 Å². The van der Waals surface area contributed by atoms with Crippen LogP contribution in [0.5, 0.6) is 0 Å². The van der Waals surface area contributed by atoms with Crippen LogP contribution < -0.4 is 5.32 Å². The molecule has 0 amide bonds. The molecular formula is C12H15FN2O. The third kappa shape index (κ3) is 3.52. The molecule has 0 aliphatic heterocycles. The Morgan fingerprint density at radius 1 is 1.44 bits per heavy atom. The summed E-state index contributed by atoms with van der Waals surface area (Å²) in [5.74, 6) is -0.498. The minimum atomic E-state index is -0.498. The number of nitrogens with one attached hydrogen (secondary N) is 1. The Bertz CT molecular complexity index is 374. The second-order valence-electron chi connectivity index (χ2n) is 3.31. The van der Waals surface area contributed by atoms with Crippen LogP contribution in [0.15, 0.2) is 18.2 Å². The second-order valence-corrected chi connectivity index (χ2v) is 3.31. The third-order valence-electron chi connectivity index (χ3n) is 2.04. The Balaban J connectivity index is 2.48. The lowest BCUT2D eigenvalue weighted by molar-refractivity contribution is 0.144. The van der Waals surface area contributed by atoms with Crippen molar-refractivity contribution >= 4 is 5.69 Å². The van der Waals surface area contributed by atoms with Crippen LogP contribution in [0.25, 0.3) is 0 Å². The first-order valence-corrected chi connectivity index (χ1v) is 5.29. The summed E-state index contributed by atoms with van der Waals surface area (Å²) in [5, 5.41) is 11.8. The maximum Gasteiger partial charge on any atom is 0.143 e. The van der Waals surface area contributed by atoms with E-state index in [4.69, 9.17) is 10.00 Å². The van der Waals surface area contributed by atoms with Crippen molar-refractivity contribution in [1.82, 2.24) is 0 Å². The summed E-state index contributed by atoms with van der Waals surface area (Å²) in [5.41, 5.74) is 0.570. The van der Waals surface area contributed by atoms with Crippen LogP contribution in [0.3, 0.4) is 0 Å². The van der Waals surface area contributed by atoms with Crippen LogP contribution in [0.2, 0.25) is 0 Å². The summed E-state index contributed by atoms with van der Waals surface area (Å²) >= 11 is 0. The molecule has 16 heavy (non-hydrogen) atoms. The SMILES string of the molecule is CCCOCCNc1cccc(F)c1C#N. The van der Waals surface area contributed by atoms with Crippen molar-refractivity contribution < 1.29 is 9.13 Å². The van der Waals surface area contributed by atoms with Crippen LogP contribution >= 0.6 is 0 Å². The smallest absolute Gasteiger partial charge is 0.143 e. The lowest BCUT2D eigenvalue weighted by Crippen LogP contribution is -2.11. The van der Waals surface area contributed by atoms with Gasteiger partial charge in [-0.3, -0.25) is 0 Å². The maximum atomic E-state index is 13.2. The molecule has 0 bridgehead atoms. The largest absolute Gasteiger partial charge is 0.382 e. The molecule has 0 saturated carbocycles. The van der Waals surface area contributed by atoms with Crippen molar-refractivity contribution in [2.75, 3.05) is 25.1 Å². The van der Waals surface area contributed by atoms with Gasteiger partial charge in [0, 0.05) is 13.2 Å². The van der Waals surface area contributed by atoms with Gasteiger partial charge in [0.2, 0.25) is 0 Å². The molecule has 1 aromatic carbocycles. The standard InChI is InChI=1S/C12H15FN2O/c1-2-7-16-8-6-15-12-5-3-4-11(13)10(12)9-14/h3-5,15H,2,6-8H2,1H3. The van der Waals surface area contributed by atoms with Crippen molar-refractivity contribution in [3.8, 4) is 6.07 Å². The number of rotatable bonds is 6. The molecule has 3 nitrogen and oxygen atoms in total. The van der Waals surface area contributed by atoms with Crippen molar-refractivity contribution in [3.05, 3.63) is 29.6 Å². The Morgan fingerprint density at radius 3 is 2.94 bits per heavy atom. The average Bonchev–Trinajstić information content (AvgIpc) is 2.29. The Kier molecular flexibility index (Phi) is 5.30. The molecule has 0 fully saturated rings. The van der Waals surface area contributed by atoms with Gasteiger partial charge in [-0.25, -0.2) is 4.39 Å². The van der Waals surface area contributed by atoms with Gasteiger partial charge in [-0.15, -0.1) is 0 Å². The zero-order valence-electron chi connectivity index (χ0n) is 9.29. The first-order valence-electron chi connectivity index (χ1n) is 5.29. The van der Waals surface area contributed by atoms with E-state index in [1.54, 1.807) is 12.1 Å². The first kappa shape index (κ1) is 12.5. The van der Waals surface area contributed by atoms with E-state index >= 15 is 0 Å². The van der Waals surface area contributed by atoms with Gasteiger partial charge >= 0.3 is 0 Å². The van der Waals surface area contributed by atoms with Crippen LogP contribution in [0.4, 0.5) is 10.1 Å². The monoisotopic (exact) mass is 222 g/mol. The third-order valence-corrected chi connectivity index (χ3v) is 2.04. The second kappa shape index (κ2) is 6.81. The molecule has 1 aromatic rings. The van der Waals surface area contributed by atoms with Crippen LogP contribution in [-0.4, -0.2) is 19.8 Å². The molecule has 86 valence electrons. The molecule has 0 saturated heterocycles. The number of hydrogen-bond acceptors (Lipinski definition) is 3. The van der Waals surface area contributed by atoms with E-state index in [1.807, 2.05) is 13.0 Å². The number of nitriles is 1. The molecule has 0 heterocycles. The number of halogens is 1. The fourth-order valence-corrected chi connectivity index (χ4v) is 1.29. The molecule has 4 heteroatoms. The number of benzene rings is 1. The zero-order chi connectivity index (χ0) is 11.8. The van der Waals surface area contributed by atoms with Gasteiger partial charge in [0.15, 0.2) is 0 Å². The molecule has 0 aliphatic carbocycles. The van der Waals surface area contributed by atoms with Gasteiger partial charge in [0.1, 0.15) is 17.4 Å². The van der Waals surface area contributed by atoms with E-state index in [0.717, 1.165) is 13.0 Å².